The van der Waals surface area contributed by atoms with Crippen LogP contribution in [0.2, 0.25) is 0 Å². The van der Waals surface area contributed by atoms with E-state index in [0.717, 1.165) is 34.8 Å². The standard InChI is InChI=1S/C28H21F6N3O6S2/c1-44(40,41)35-17-45(42,43)36(24-4-2-3-20(15-24)18-5-10-22(11-6-18)27(29,30)31)23-12-7-19(8-13-23)21-9-14-25(28(32,33)34)26(16-21)37(38)39/h2-16,35H,17H2,1H3. The number of nitrogens with one attached hydrogen (secondary N) is 1. The van der Waals surface area contributed by atoms with Crippen molar-refractivity contribution in [2.24, 2.45) is 0 Å². The molecule has 0 spiro atoms. The fourth-order valence-electron chi connectivity index (χ4n) is 4.27. The third-order valence-corrected chi connectivity index (χ3v) is 8.68. The summed E-state index contributed by atoms with van der Waals surface area (Å²) in [5.41, 5.74) is -2.74. The number of halogens is 6. The Balaban J connectivity index is 1.78. The van der Waals surface area contributed by atoms with E-state index in [1.807, 2.05) is 4.72 Å². The lowest BCUT2D eigenvalue weighted by molar-refractivity contribution is -0.388. The zero-order chi connectivity index (χ0) is 33.4. The van der Waals surface area contributed by atoms with Crippen LogP contribution in [0.1, 0.15) is 11.1 Å². The maximum absolute atomic E-state index is 13.5. The molecule has 0 aromatic heterocycles. The van der Waals surface area contributed by atoms with Crippen molar-refractivity contribution in [2.75, 3.05) is 16.4 Å². The van der Waals surface area contributed by atoms with E-state index in [1.165, 1.54) is 60.7 Å². The zero-order valence-corrected chi connectivity index (χ0v) is 24.4. The number of nitro groups is 1. The van der Waals surface area contributed by atoms with Gasteiger partial charge in [0.2, 0.25) is 10.0 Å². The summed E-state index contributed by atoms with van der Waals surface area (Å²) in [5, 5.41) is 11.3. The fraction of sp³-hybridized carbons (Fsp3) is 0.143. The Morgan fingerprint density at radius 3 is 1.76 bits per heavy atom. The van der Waals surface area contributed by atoms with Crippen LogP contribution in [-0.2, 0) is 32.4 Å². The molecule has 0 saturated carbocycles. The zero-order valence-electron chi connectivity index (χ0n) is 22.8. The summed E-state index contributed by atoms with van der Waals surface area (Å²) in [4.78, 5) is 10.1. The summed E-state index contributed by atoms with van der Waals surface area (Å²) < 4.78 is 132. The predicted octanol–water partition coefficient (Wildman–Crippen LogP) is 6.94. The Morgan fingerprint density at radius 2 is 1.24 bits per heavy atom. The van der Waals surface area contributed by atoms with Crippen molar-refractivity contribution >= 4 is 37.1 Å². The lowest BCUT2D eigenvalue weighted by Crippen LogP contribution is -2.37. The van der Waals surface area contributed by atoms with Gasteiger partial charge in [-0.25, -0.2) is 21.1 Å². The van der Waals surface area contributed by atoms with E-state index in [9.17, 15) is 53.3 Å². The Labute approximate surface area is 253 Å². The van der Waals surface area contributed by atoms with Crippen molar-refractivity contribution in [2.45, 2.75) is 12.4 Å². The molecule has 9 nitrogen and oxygen atoms in total. The molecule has 0 bridgehead atoms. The maximum Gasteiger partial charge on any atom is 0.422 e. The molecule has 0 atom stereocenters. The lowest BCUT2D eigenvalue weighted by Gasteiger charge is -2.25. The Hall–Kier alpha value is -4.48. The van der Waals surface area contributed by atoms with Gasteiger partial charge in [0.1, 0.15) is 11.4 Å². The minimum absolute atomic E-state index is 0.0266. The number of sulfonamides is 2. The van der Waals surface area contributed by atoms with Crippen LogP contribution in [0.15, 0.2) is 91.0 Å². The average Bonchev–Trinajstić information content (AvgIpc) is 2.95. The van der Waals surface area contributed by atoms with E-state index in [2.05, 4.69) is 0 Å². The van der Waals surface area contributed by atoms with Crippen LogP contribution >= 0.6 is 0 Å². The molecule has 0 aliphatic carbocycles. The molecule has 0 aliphatic rings. The SMILES string of the molecule is CS(=O)(=O)NCS(=O)(=O)N(c1ccc(-c2ccc(C(F)(F)F)c([N+](=O)[O-])c2)cc1)c1cccc(-c2ccc(C(F)(F)F)cc2)c1. The molecule has 0 radical (unpaired) electrons. The third-order valence-electron chi connectivity index (χ3n) is 6.34. The van der Waals surface area contributed by atoms with E-state index < -0.39 is 60.0 Å². The van der Waals surface area contributed by atoms with E-state index >= 15 is 0 Å². The predicted molar refractivity (Wildman–Crippen MR) is 154 cm³/mol. The highest BCUT2D eigenvalue weighted by Crippen LogP contribution is 2.39. The minimum Gasteiger partial charge on any atom is -0.258 e. The molecule has 238 valence electrons. The van der Waals surface area contributed by atoms with Gasteiger partial charge >= 0.3 is 12.4 Å². The van der Waals surface area contributed by atoms with Gasteiger partial charge in [0, 0.05) is 6.07 Å². The number of hydrogen-bond donors (Lipinski definition) is 1. The van der Waals surface area contributed by atoms with Crippen LogP contribution in [0.5, 0.6) is 0 Å². The number of benzene rings is 4. The second-order valence-electron chi connectivity index (χ2n) is 9.60. The highest BCUT2D eigenvalue weighted by Gasteiger charge is 2.38. The third kappa shape index (κ3) is 7.98. The van der Waals surface area contributed by atoms with Crippen molar-refractivity contribution in [3.05, 3.63) is 112 Å². The van der Waals surface area contributed by atoms with Gasteiger partial charge < -0.3 is 0 Å². The Morgan fingerprint density at radius 1 is 0.711 bits per heavy atom. The van der Waals surface area contributed by atoms with Crippen molar-refractivity contribution in [3.8, 4) is 22.3 Å². The number of anilines is 2. The molecular weight excluding hydrogens is 652 g/mol. The van der Waals surface area contributed by atoms with Crippen molar-refractivity contribution in [1.29, 1.82) is 0 Å². The molecule has 4 rings (SSSR count). The highest BCUT2D eigenvalue weighted by atomic mass is 32.2. The van der Waals surface area contributed by atoms with Gasteiger partial charge in [-0.1, -0.05) is 42.5 Å². The summed E-state index contributed by atoms with van der Waals surface area (Å²) in [7, 11) is -8.50. The molecule has 0 unspecified atom stereocenters. The van der Waals surface area contributed by atoms with Gasteiger partial charge in [0.25, 0.3) is 15.7 Å². The summed E-state index contributed by atoms with van der Waals surface area (Å²) >= 11 is 0. The fourth-order valence-corrected chi connectivity index (χ4v) is 6.73. The molecule has 17 heteroatoms. The van der Waals surface area contributed by atoms with E-state index in [-0.39, 0.29) is 22.5 Å². The molecule has 0 saturated heterocycles. The van der Waals surface area contributed by atoms with Gasteiger partial charge in [-0.05, 0) is 64.7 Å². The van der Waals surface area contributed by atoms with Gasteiger partial charge in [-0.3, -0.25) is 10.1 Å². The van der Waals surface area contributed by atoms with Gasteiger partial charge in [0.15, 0.2) is 0 Å². The molecule has 4 aromatic carbocycles. The number of nitro benzene ring substituents is 1. The van der Waals surface area contributed by atoms with Crippen LogP contribution in [0.4, 0.5) is 43.4 Å². The molecule has 0 amide bonds. The summed E-state index contributed by atoms with van der Waals surface area (Å²) in [5.74, 6) is -1.08. The first-order chi connectivity index (χ1) is 20.8. The Kier molecular flexibility index (Phi) is 9.01. The Bertz CT molecular complexity index is 1950. The van der Waals surface area contributed by atoms with E-state index in [1.54, 1.807) is 0 Å². The van der Waals surface area contributed by atoms with Crippen LogP contribution in [-0.4, -0.2) is 33.9 Å². The maximum atomic E-state index is 13.5. The first kappa shape index (κ1) is 33.4. The molecule has 4 aromatic rings. The smallest absolute Gasteiger partial charge is 0.258 e. The number of hydrogen-bond acceptors (Lipinski definition) is 6. The van der Waals surface area contributed by atoms with Gasteiger partial charge in [-0.15, -0.1) is 0 Å². The first-order valence-corrected chi connectivity index (χ1v) is 16.0. The van der Waals surface area contributed by atoms with Crippen LogP contribution in [0.3, 0.4) is 0 Å². The quantitative estimate of drug-likeness (QED) is 0.117. The summed E-state index contributed by atoms with van der Waals surface area (Å²) in [6.07, 6.45) is -8.81. The topological polar surface area (TPSA) is 127 Å². The molecule has 1 N–H and O–H groups in total. The minimum atomic E-state index is -4.98. The second kappa shape index (κ2) is 12.1. The normalized spacial score (nSPS) is 12.6. The molecule has 0 fully saturated rings. The van der Waals surface area contributed by atoms with Crippen LogP contribution in [0.25, 0.3) is 22.3 Å². The van der Waals surface area contributed by atoms with E-state index in [4.69, 9.17) is 0 Å². The van der Waals surface area contributed by atoms with Crippen molar-refractivity contribution in [1.82, 2.24) is 4.72 Å². The number of alkyl halides is 6. The summed E-state index contributed by atoms with van der Waals surface area (Å²) in [6.45, 7) is 0. The summed E-state index contributed by atoms with van der Waals surface area (Å²) in [6, 6.07) is 17.2. The van der Waals surface area contributed by atoms with Crippen LogP contribution < -0.4 is 9.03 Å². The largest absolute Gasteiger partial charge is 0.422 e. The molecule has 0 heterocycles. The van der Waals surface area contributed by atoms with Gasteiger partial charge in [-0.2, -0.15) is 31.1 Å². The highest BCUT2D eigenvalue weighted by molar-refractivity contribution is 7.94. The lowest BCUT2D eigenvalue weighted by atomic mass is 10.0. The second-order valence-corrected chi connectivity index (χ2v) is 13.2. The van der Waals surface area contributed by atoms with E-state index in [0.29, 0.717) is 17.2 Å². The molecule has 45 heavy (non-hydrogen) atoms. The monoisotopic (exact) mass is 673 g/mol. The van der Waals surface area contributed by atoms with Crippen molar-refractivity contribution < 1.29 is 48.1 Å². The average molecular weight is 674 g/mol. The molecular formula is C28H21F6N3O6S2. The number of rotatable bonds is 9. The molecule has 0 aliphatic heterocycles. The first-order valence-electron chi connectivity index (χ1n) is 12.5. The number of nitrogens with zero attached hydrogens (tertiary/aromatic N) is 2. The van der Waals surface area contributed by atoms with Gasteiger partial charge in [0.05, 0.1) is 28.1 Å². The van der Waals surface area contributed by atoms with Crippen molar-refractivity contribution in [3.63, 3.8) is 0 Å². The van der Waals surface area contributed by atoms with Crippen LogP contribution in [0, 0.1) is 10.1 Å².